The van der Waals surface area contributed by atoms with Crippen LogP contribution in [-0.2, 0) is 0 Å². The Morgan fingerprint density at radius 3 is 3.12 bits per heavy atom. The molecule has 2 aromatic rings. The van der Waals surface area contributed by atoms with E-state index in [1.54, 1.807) is 11.3 Å². The molecule has 3 N–H and O–H groups in total. The molecule has 0 aliphatic carbocycles. The van der Waals surface area contributed by atoms with Gasteiger partial charge < -0.3 is 10.6 Å². The molecule has 1 fully saturated rings. The van der Waals surface area contributed by atoms with Crippen molar-refractivity contribution in [3.05, 3.63) is 23.1 Å². The molecule has 1 atom stereocenters. The lowest BCUT2D eigenvalue weighted by atomic mass is 10.2. The van der Waals surface area contributed by atoms with E-state index in [0.717, 1.165) is 24.6 Å². The van der Waals surface area contributed by atoms with Gasteiger partial charge in [-0.05, 0) is 32.0 Å². The zero-order valence-electron chi connectivity index (χ0n) is 9.79. The van der Waals surface area contributed by atoms with Crippen LogP contribution in [-0.4, -0.2) is 29.3 Å². The highest BCUT2D eigenvalue weighted by atomic mass is 32.1. The summed E-state index contributed by atoms with van der Waals surface area (Å²) in [6.45, 7) is 4.24. The first-order chi connectivity index (χ1) is 8.31. The number of rotatable bonds is 3. The van der Waals surface area contributed by atoms with Gasteiger partial charge in [0.2, 0.25) is 0 Å². The number of aromatic nitrogens is 2. The van der Waals surface area contributed by atoms with Gasteiger partial charge >= 0.3 is 0 Å². The van der Waals surface area contributed by atoms with Crippen LogP contribution in [0.1, 0.15) is 11.3 Å². The second-order valence-electron chi connectivity index (χ2n) is 4.41. The van der Waals surface area contributed by atoms with Crippen molar-refractivity contribution in [1.82, 2.24) is 15.5 Å². The Hall–Kier alpha value is -1.33. The summed E-state index contributed by atoms with van der Waals surface area (Å²) < 4.78 is 0. The van der Waals surface area contributed by atoms with Crippen LogP contribution in [0.5, 0.6) is 0 Å². The molecule has 3 rings (SSSR count). The van der Waals surface area contributed by atoms with E-state index in [9.17, 15) is 0 Å². The summed E-state index contributed by atoms with van der Waals surface area (Å²) in [4.78, 5) is 2.57. The van der Waals surface area contributed by atoms with Crippen LogP contribution >= 0.6 is 11.3 Å². The maximum Gasteiger partial charge on any atom is 0.148 e. The lowest BCUT2D eigenvalue weighted by molar-refractivity contribution is 0.786. The SMILES string of the molecule is Cc1ccc(-c2cc(NC3CCNC3)n[nH]2)s1. The smallest absolute Gasteiger partial charge is 0.148 e. The molecule has 0 amide bonds. The monoisotopic (exact) mass is 248 g/mol. The third-order valence-corrected chi connectivity index (χ3v) is 4.03. The molecule has 5 heteroatoms. The van der Waals surface area contributed by atoms with Gasteiger partial charge in [-0.1, -0.05) is 0 Å². The molecule has 1 unspecified atom stereocenters. The van der Waals surface area contributed by atoms with Crippen molar-refractivity contribution >= 4 is 17.2 Å². The third kappa shape index (κ3) is 2.35. The third-order valence-electron chi connectivity index (χ3n) is 3.00. The maximum atomic E-state index is 4.31. The van der Waals surface area contributed by atoms with Crippen molar-refractivity contribution in [2.24, 2.45) is 0 Å². The second-order valence-corrected chi connectivity index (χ2v) is 5.70. The van der Waals surface area contributed by atoms with E-state index < -0.39 is 0 Å². The predicted octanol–water partition coefficient (Wildman–Crippen LogP) is 2.22. The van der Waals surface area contributed by atoms with Crippen LogP contribution in [0.2, 0.25) is 0 Å². The number of nitrogens with zero attached hydrogens (tertiary/aromatic N) is 1. The summed E-state index contributed by atoms with van der Waals surface area (Å²) >= 11 is 1.79. The zero-order chi connectivity index (χ0) is 11.7. The highest BCUT2D eigenvalue weighted by Crippen LogP contribution is 2.27. The Balaban J connectivity index is 1.73. The normalized spacial score (nSPS) is 19.7. The van der Waals surface area contributed by atoms with Crippen molar-refractivity contribution in [1.29, 1.82) is 0 Å². The average molecular weight is 248 g/mol. The minimum Gasteiger partial charge on any atom is -0.365 e. The van der Waals surface area contributed by atoms with Gasteiger partial charge in [0.1, 0.15) is 5.82 Å². The van der Waals surface area contributed by atoms with E-state index in [4.69, 9.17) is 0 Å². The van der Waals surface area contributed by atoms with Crippen LogP contribution in [0, 0.1) is 6.92 Å². The van der Waals surface area contributed by atoms with Crippen molar-refractivity contribution in [2.45, 2.75) is 19.4 Å². The topological polar surface area (TPSA) is 52.7 Å². The number of H-pyrrole nitrogens is 1. The molecule has 0 aromatic carbocycles. The summed E-state index contributed by atoms with van der Waals surface area (Å²) in [7, 11) is 0. The summed E-state index contributed by atoms with van der Waals surface area (Å²) in [6.07, 6.45) is 1.17. The van der Waals surface area contributed by atoms with Crippen molar-refractivity contribution in [3.63, 3.8) is 0 Å². The van der Waals surface area contributed by atoms with Crippen LogP contribution in [0.3, 0.4) is 0 Å². The first-order valence-electron chi connectivity index (χ1n) is 5.91. The van der Waals surface area contributed by atoms with Crippen LogP contribution in [0.4, 0.5) is 5.82 Å². The van der Waals surface area contributed by atoms with E-state index in [-0.39, 0.29) is 0 Å². The molecule has 17 heavy (non-hydrogen) atoms. The lowest BCUT2D eigenvalue weighted by Gasteiger charge is -2.08. The van der Waals surface area contributed by atoms with E-state index in [0.29, 0.717) is 6.04 Å². The molecular formula is C12H16N4S. The Bertz CT molecular complexity index is 496. The van der Waals surface area contributed by atoms with E-state index in [1.807, 2.05) is 0 Å². The minimum absolute atomic E-state index is 0.510. The fourth-order valence-corrected chi connectivity index (χ4v) is 2.92. The van der Waals surface area contributed by atoms with E-state index >= 15 is 0 Å². The molecule has 0 spiro atoms. The summed E-state index contributed by atoms with van der Waals surface area (Å²) in [5.41, 5.74) is 1.09. The Morgan fingerprint density at radius 1 is 1.47 bits per heavy atom. The molecule has 0 radical (unpaired) electrons. The molecule has 3 heterocycles. The number of hydrogen-bond acceptors (Lipinski definition) is 4. The quantitative estimate of drug-likeness (QED) is 0.780. The van der Waals surface area contributed by atoms with Crippen LogP contribution in [0.15, 0.2) is 18.2 Å². The molecule has 1 aliphatic heterocycles. The Kier molecular flexibility index (Phi) is 2.86. The molecule has 90 valence electrons. The molecular weight excluding hydrogens is 232 g/mol. The average Bonchev–Trinajstić information content (AvgIpc) is 2.99. The van der Waals surface area contributed by atoms with Gasteiger partial charge in [-0.2, -0.15) is 5.10 Å². The molecule has 1 saturated heterocycles. The fourth-order valence-electron chi connectivity index (χ4n) is 2.09. The summed E-state index contributed by atoms with van der Waals surface area (Å²) in [5.74, 6) is 0.944. The van der Waals surface area contributed by atoms with Crippen LogP contribution in [0.25, 0.3) is 10.6 Å². The number of aromatic amines is 1. The largest absolute Gasteiger partial charge is 0.365 e. The first-order valence-corrected chi connectivity index (χ1v) is 6.72. The Labute approximate surface area is 104 Å². The summed E-state index contributed by atoms with van der Waals surface area (Å²) in [6, 6.07) is 6.86. The maximum absolute atomic E-state index is 4.31. The van der Waals surface area contributed by atoms with E-state index in [2.05, 4.69) is 46.0 Å². The van der Waals surface area contributed by atoms with Crippen molar-refractivity contribution < 1.29 is 0 Å². The molecule has 4 nitrogen and oxygen atoms in total. The van der Waals surface area contributed by atoms with Gasteiger partial charge in [-0.25, -0.2) is 0 Å². The fraction of sp³-hybridized carbons (Fsp3) is 0.417. The first kappa shape index (κ1) is 10.8. The zero-order valence-corrected chi connectivity index (χ0v) is 10.6. The standard InChI is InChI=1S/C12H16N4S/c1-8-2-3-11(17-8)10-6-12(16-15-10)14-9-4-5-13-7-9/h2-3,6,9,13H,4-5,7H2,1H3,(H2,14,15,16). The lowest BCUT2D eigenvalue weighted by Crippen LogP contribution is -2.22. The number of nitrogens with one attached hydrogen (secondary N) is 3. The predicted molar refractivity (Wildman–Crippen MR) is 71.5 cm³/mol. The highest BCUT2D eigenvalue weighted by Gasteiger charge is 2.15. The number of anilines is 1. The van der Waals surface area contributed by atoms with Crippen LogP contribution < -0.4 is 10.6 Å². The summed E-state index contributed by atoms with van der Waals surface area (Å²) in [5, 5.41) is 14.2. The molecule has 1 aliphatic rings. The minimum atomic E-state index is 0.510. The molecule has 2 aromatic heterocycles. The van der Waals surface area contributed by atoms with Gasteiger partial charge in [0, 0.05) is 23.5 Å². The highest BCUT2D eigenvalue weighted by molar-refractivity contribution is 7.15. The molecule has 0 bridgehead atoms. The Morgan fingerprint density at radius 2 is 2.41 bits per heavy atom. The second kappa shape index (κ2) is 4.50. The van der Waals surface area contributed by atoms with Gasteiger partial charge in [0.15, 0.2) is 0 Å². The number of hydrogen-bond donors (Lipinski definition) is 3. The number of thiophene rings is 1. The molecule has 0 saturated carbocycles. The van der Waals surface area contributed by atoms with Gasteiger partial charge in [0.25, 0.3) is 0 Å². The number of aryl methyl sites for hydroxylation is 1. The van der Waals surface area contributed by atoms with E-state index in [1.165, 1.54) is 16.2 Å². The van der Waals surface area contributed by atoms with Crippen molar-refractivity contribution in [2.75, 3.05) is 18.4 Å². The van der Waals surface area contributed by atoms with Gasteiger partial charge in [-0.15, -0.1) is 11.3 Å². The van der Waals surface area contributed by atoms with Gasteiger partial charge in [-0.3, -0.25) is 5.10 Å². The van der Waals surface area contributed by atoms with Gasteiger partial charge in [0.05, 0.1) is 10.6 Å². The van der Waals surface area contributed by atoms with Crippen molar-refractivity contribution in [3.8, 4) is 10.6 Å².